The van der Waals surface area contributed by atoms with Crippen molar-refractivity contribution in [2.45, 2.75) is 31.1 Å². The summed E-state index contributed by atoms with van der Waals surface area (Å²) in [6, 6.07) is 14.7. The van der Waals surface area contributed by atoms with E-state index in [-0.39, 0.29) is 5.91 Å². The fourth-order valence-electron chi connectivity index (χ4n) is 4.40. The largest absolute Gasteiger partial charge is 0.298 e. The first-order valence-corrected chi connectivity index (χ1v) is 10.1. The van der Waals surface area contributed by atoms with Gasteiger partial charge in [-0.25, -0.2) is 4.68 Å². The van der Waals surface area contributed by atoms with Crippen molar-refractivity contribution in [2.75, 3.05) is 5.43 Å². The van der Waals surface area contributed by atoms with E-state index in [1.165, 1.54) is 5.69 Å². The lowest BCUT2D eigenvalue weighted by Crippen LogP contribution is -2.30. The lowest BCUT2D eigenvalue weighted by atomic mass is 9.95. The Labute approximate surface area is 172 Å². The number of carbonyl (C=O) groups excluding carboxylic acids is 1. The van der Waals surface area contributed by atoms with Gasteiger partial charge in [-0.2, -0.15) is 5.10 Å². The van der Waals surface area contributed by atoms with Crippen molar-refractivity contribution in [1.82, 2.24) is 15.2 Å². The summed E-state index contributed by atoms with van der Waals surface area (Å²) in [6.07, 6.45) is 3.38. The SMILES string of the molecule is O=C(NNc1ccc(Cl)cc1)c1nn(-c2ccc(Cl)cc2)c2c1[C@H]1CC[C@H]2C1. The summed E-state index contributed by atoms with van der Waals surface area (Å²) in [7, 11) is 0. The minimum Gasteiger partial charge on any atom is -0.298 e. The molecule has 0 spiro atoms. The van der Waals surface area contributed by atoms with Gasteiger partial charge in [-0.3, -0.25) is 15.6 Å². The van der Waals surface area contributed by atoms with E-state index in [0.717, 1.165) is 36.2 Å². The molecule has 2 aliphatic rings. The number of carbonyl (C=O) groups is 1. The van der Waals surface area contributed by atoms with Crippen molar-refractivity contribution >= 4 is 34.8 Å². The van der Waals surface area contributed by atoms with Gasteiger partial charge in [0, 0.05) is 21.5 Å². The zero-order chi connectivity index (χ0) is 19.3. The monoisotopic (exact) mass is 412 g/mol. The molecule has 5 nitrogen and oxygen atoms in total. The van der Waals surface area contributed by atoms with Gasteiger partial charge in [0.2, 0.25) is 0 Å². The summed E-state index contributed by atoms with van der Waals surface area (Å²) < 4.78 is 1.92. The maximum absolute atomic E-state index is 12.9. The topological polar surface area (TPSA) is 59.0 Å². The van der Waals surface area contributed by atoms with Crippen LogP contribution in [0.3, 0.4) is 0 Å². The summed E-state index contributed by atoms with van der Waals surface area (Å²) in [5, 5.41) is 6.02. The fraction of sp³-hybridized carbons (Fsp3) is 0.238. The molecule has 28 heavy (non-hydrogen) atoms. The van der Waals surface area contributed by atoms with Gasteiger partial charge in [0.05, 0.1) is 17.1 Å². The van der Waals surface area contributed by atoms with Gasteiger partial charge in [0.15, 0.2) is 5.69 Å². The average molecular weight is 413 g/mol. The number of fused-ring (bicyclic) bond motifs is 5. The zero-order valence-corrected chi connectivity index (χ0v) is 16.5. The fourth-order valence-corrected chi connectivity index (χ4v) is 4.65. The second kappa shape index (κ2) is 6.83. The van der Waals surface area contributed by atoms with Crippen LogP contribution in [0.2, 0.25) is 10.0 Å². The first-order valence-electron chi connectivity index (χ1n) is 9.31. The number of nitrogens with zero attached hydrogens (tertiary/aromatic N) is 2. The Balaban J connectivity index is 1.47. The summed E-state index contributed by atoms with van der Waals surface area (Å²) in [6.45, 7) is 0. The number of amides is 1. The Morgan fingerprint density at radius 1 is 0.964 bits per heavy atom. The molecular weight excluding hydrogens is 395 g/mol. The van der Waals surface area contributed by atoms with Crippen LogP contribution in [0.1, 0.15) is 52.8 Å². The molecule has 2 bridgehead atoms. The Bertz CT molecular complexity index is 1040. The summed E-state index contributed by atoms with van der Waals surface area (Å²) in [5.74, 6) is 0.651. The summed E-state index contributed by atoms with van der Waals surface area (Å²) >= 11 is 11.9. The van der Waals surface area contributed by atoms with E-state index in [1.807, 2.05) is 28.9 Å². The predicted octanol–water partition coefficient (Wildman–Crippen LogP) is 5.30. The van der Waals surface area contributed by atoms with Crippen molar-refractivity contribution in [1.29, 1.82) is 0 Å². The Morgan fingerprint density at radius 3 is 2.32 bits per heavy atom. The molecule has 2 aromatic carbocycles. The summed E-state index contributed by atoms with van der Waals surface area (Å²) in [5.41, 5.74) is 10.2. The van der Waals surface area contributed by atoms with E-state index >= 15 is 0 Å². The molecule has 2 aliphatic carbocycles. The molecule has 1 fully saturated rings. The van der Waals surface area contributed by atoms with Gasteiger partial charge < -0.3 is 0 Å². The molecule has 3 aromatic rings. The molecule has 5 rings (SSSR count). The van der Waals surface area contributed by atoms with Crippen LogP contribution in [0.15, 0.2) is 48.5 Å². The third-order valence-corrected chi connectivity index (χ3v) is 6.14. The number of hydrazine groups is 1. The quantitative estimate of drug-likeness (QED) is 0.571. The highest BCUT2D eigenvalue weighted by atomic mass is 35.5. The first kappa shape index (κ1) is 17.6. The van der Waals surface area contributed by atoms with Crippen LogP contribution in [0, 0.1) is 0 Å². The lowest BCUT2D eigenvalue weighted by molar-refractivity contribution is 0.0956. The van der Waals surface area contributed by atoms with Gasteiger partial charge in [0.25, 0.3) is 5.91 Å². The number of nitrogens with one attached hydrogen (secondary N) is 2. The van der Waals surface area contributed by atoms with Gasteiger partial charge in [-0.05, 0) is 73.7 Å². The molecule has 1 aromatic heterocycles. The highest BCUT2D eigenvalue weighted by Gasteiger charge is 2.44. The molecule has 0 radical (unpaired) electrons. The van der Waals surface area contributed by atoms with E-state index in [2.05, 4.69) is 10.9 Å². The second-order valence-electron chi connectivity index (χ2n) is 7.33. The van der Waals surface area contributed by atoms with Crippen LogP contribution in [0.4, 0.5) is 5.69 Å². The third kappa shape index (κ3) is 2.95. The summed E-state index contributed by atoms with van der Waals surface area (Å²) in [4.78, 5) is 12.9. The minimum atomic E-state index is -0.230. The second-order valence-corrected chi connectivity index (χ2v) is 8.20. The van der Waals surface area contributed by atoms with E-state index in [0.29, 0.717) is 27.6 Å². The van der Waals surface area contributed by atoms with Crippen LogP contribution in [-0.2, 0) is 0 Å². The van der Waals surface area contributed by atoms with Crippen molar-refractivity contribution in [3.63, 3.8) is 0 Å². The standard InChI is InChI=1S/C21H18Cl2N4O/c22-14-3-7-16(8-4-14)24-25-21(28)19-18-12-1-2-13(11-12)20(18)27(26-19)17-9-5-15(23)6-10-17/h3-10,12-13,24H,1-2,11H2,(H,25,28)/t12-,13-/m0/s1. The van der Waals surface area contributed by atoms with Crippen molar-refractivity contribution in [3.05, 3.63) is 75.5 Å². The number of hydrogen-bond acceptors (Lipinski definition) is 3. The molecular formula is C21H18Cl2N4O. The Hall–Kier alpha value is -2.50. The Kier molecular flexibility index (Phi) is 4.29. The van der Waals surface area contributed by atoms with Crippen LogP contribution in [-0.4, -0.2) is 15.7 Å². The van der Waals surface area contributed by atoms with E-state index in [1.54, 1.807) is 24.3 Å². The number of hydrogen-bond donors (Lipinski definition) is 2. The number of anilines is 1. The van der Waals surface area contributed by atoms with Crippen LogP contribution in [0.25, 0.3) is 5.69 Å². The highest BCUT2D eigenvalue weighted by Crippen LogP contribution is 2.54. The predicted molar refractivity (Wildman–Crippen MR) is 110 cm³/mol. The van der Waals surface area contributed by atoms with Gasteiger partial charge >= 0.3 is 0 Å². The van der Waals surface area contributed by atoms with Crippen molar-refractivity contribution < 1.29 is 4.79 Å². The van der Waals surface area contributed by atoms with E-state index in [4.69, 9.17) is 28.3 Å². The third-order valence-electron chi connectivity index (χ3n) is 5.64. The minimum absolute atomic E-state index is 0.230. The van der Waals surface area contributed by atoms with Gasteiger partial charge in [-0.1, -0.05) is 23.2 Å². The van der Waals surface area contributed by atoms with Crippen molar-refractivity contribution in [2.24, 2.45) is 0 Å². The highest BCUT2D eigenvalue weighted by molar-refractivity contribution is 6.30. The molecule has 1 amide bonds. The number of aromatic nitrogens is 2. The lowest BCUT2D eigenvalue weighted by Gasteiger charge is -2.14. The molecule has 0 aliphatic heterocycles. The molecule has 1 heterocycles. The molecule has 1 saturated carbocycles. The molecule has 142 valence electrons. The number of rotatable bonds is 4. The first-order chi connectivity index (χ1) is 13.6. The molecule has 7 heteroatoms. The average Bonchev–Trinajstić information content (AvgIpc) is 3.41. The molecule has 0 saturated heterocycles. The molecule has 2 N–H and O–H groups in total. The number of halogens is 2. The smallest absolute Gasteiger partial charge is 0.290 e. The van der Waals surface area contributed by atoms with Crippen LogP contribution in [0.5, 0.6) is 0 Å². The van der Waals surface area contributed by atoms with Crippen LogP contribution < -0.4 is 10.9 Å². The van der Waals surface area contributed by atoms with E-state index < -0.39 is 0 Å². The molecule has 0 unspecified atom stereocenters. The maximum Gasteiger partial charge on any atom is 0.290 e. The molecule has 2 atom stereocenters. The van der Waals surface area contributed by atoms with Gasteiger partial charge in [0.1, 0.15) is 0 Å². The van der Waals surface area contributed by atoms with Gasteiger partial charge in [-0.15, -0.1) is 0 Å². The van der Waals surface area contributed by atoms with E-state index in [9.17, 15) is 4.79 Å². The normalized spacial score (nSPS) is 19.5. The number of benzene rings is 2. The van der Waals surface area contributed by atoms with Crippen molar-refractivity contribution in [3.8, 4) is 5.69 Å². The zero-order valence-electron chi connectivity index (χ0n) is 15.0. The maximum atomic E-state index is 12.9. The Morgan fingerprint density at radius 2 is 1.61 bits per heavy atom. The van der Waals surface area contributed by atoms with Crippen LogP contribution >= 0.6 is 23.2 Å².